The average Bonchev–Trinajstić information content (AvgIpc) is 2.38. The van der Waals surface area contributed by atoms with Crippen LogP contribution >= 0.6 is 0 Å². The molecule has 0 radical (unpaired) electrons. The fourth-order valence-corrected chi connectivity index (χ4v) is 2.04. The summed E-state index contributed by atoms with van der Waals surface area (Å²) in [5.41, 5.74) is 0.953. The van der Waals surface area contributed by atoms with Gasteiger partial charge in [0.25, 0.3) is 0 Å². The number of hydrogen-bond acceptors (Lipinski definition) is 2. The highest BCUT2D eigenvalue weighted by Crippen LogP contribution is 2.13. The van der Waals surface area contributed by atoms with Crippen LogP contribution in [0.4, 0.5) is 0 Å². The van der Waals surface area contributed by atoms with Gasteiger partial charge in [0.15, 0.2) is 0 Å². The predicted octanol–water partition coefficient (Wildman–Crippen LogP) is 4.59. The van der Waals surface area contributed by atoms with Crippen molar-refractivity contribution in [2.24, 2.45) is 5.92 Å². The van der Waals surface area contributed by atoms with Gasteiger partial charge in [0, 0.05) is 25.8 Å². The number of likely N-dealkylation sites (N-methyl/N-ethyl adjacent to an activating group) is 1. The molecule has 0 aliphatic heterocycles. The molecule has 0 N–H and O–H groups in total. The molecule has 128 valence electrons. The average molecular weight is 309 g/mol. The Morgan fingerprint density at radius 2 is 1.82 bits per heavy atom. The van der Waals surface area contributed by atoms with Gasteiger partial charge in [-0.15, -0.1) is 0 Å². The van der Waals surface area contributed by atoms with Crippen LogP contribution in [-0.4, -0.2) is 36.1 Å². The van der Waals surface area contributed by atoms with E-state index in [0.717, 1.165) is 38.1 Å². The lowest BCUT2D eigenvalue weighted by molar-refractivity contribution is -0.125. The standard InChI is InChI=1S/C19H35NO2/c1-8-20(9-2)18(21)15-17(4)12-10-11-16(3)13-14-22-19(5,6)7/h10,12,15-16H,8-9,11,13-14H2,1-7H3. The van der Waals surface area contributed by atoms with E-state index in [1.54, 1.807) is 6.08 Å². The van der Waals surface area contributed by atoms with Crippen molar-refractivity contribution < 1.29 is 9.53 Å². The SMILES string of the molecule is CCN(CC)C(=O)C=C(C)C=CCC(C)CCOC(C)(C)C. The topological polar surface area (TPSA) is 29.5 Å². The molecular weight excluding hydrogens is 274 g/mol. The Hall–Kier alpha value is -1.09. The third-order valence-corrected chi connectivity index (χ3v) is 3.49. The Morgan fingerprint density at radius 1 is 1.23 bits per heavy atom. The van der Waals surface area contributed by atoms with Crippen molar-refractivity contribution in [3.63, 3.8) is 0 Å². The summed E-state index contributed by atoms with van der Waals surface area (Å²) < 4.78 is 5.75. The van der Waals surface area contributed by atoms with Crippen LogP contribution < -0.4 is 0 Å². The number of amides is 1. The fraction of sp³-hybridized carbons (Fsp3) is 0.737. The van der Waals surface area contributed by atoms with Crippen molar-refractivity contribution in [1.29, 1.82) is 0 Å². The van der Waals surface area contributed by atoms with Gasteiger partial charge >= 0.3 is 0 Å². The smallest absolute Gasteiger partial charge is 0.246 e. The van der Waals surface area contributed by atoms with Crippen LogP contribution in [0, 0.1) is 5.92 Å². The first kappa shape index (κ1) is 20.9. The monoisotopic (exact) mass is 309 g/mol. The molecule has 0 aromatic rings. The summed E-state index contributed by atoms with van der Waals surface area (Å²) in [6, 6.07) is 0. The van der Waals surface area contributed by atoms with E-state index in [1.165, 1.54) is 0 Å². The van der Waals surface area contributed by atoms with Crippen LogP contribution in [0.25, 0.3) is 0 Å². The molecule has 0 aliphatic rings. The van der Waals surface area contributed by atoms with Gasteiger partial charge in [-0.05, 0) is 65.9 Å². The zero-order valence-corrected chi connectivity index (χ0v) is 15.6. The molecule has 0 rings (SSSR count). The van der Waals surface area contributed by atoms with E-state index in [4.69, 9.17) is 4.74 Å². The summed E-state index contributed by atoms with van der Waals surface area (Å²) in [7, 11) is 0. The van der Waals surface area contributed by atoms with Crippen LogP contribution in [0.1, 0.15) is 61.3 Å². The molecule has 0 spiro atoms. The summed E-state index contributed by atoms with van der Waals surface area (Å²) in [5, 5.41) is 0. The van der Waals surface area contributed by atoms with Gasteiger partial charge in [-0.2, -0.15) is 0 Å². The molecule has 0 fully saturated rings. The third-order valence-electron chi connectivity index (χ3n) is 3.49. The number of ether oxygens (including phenoxy) is 1. The maximum absolute atomic E-state index is 11.9. The summed E-state index contributed by atoms with van der Waals surface area (Å²) in [6.07, 6.45) is 7.99. The number of rotatable bonds is 9. The first-order chi connectivity index (χ1) is 10.2. The molecule has 0 aromatic heterocycles. The van der Waals surface area contributed by atoms with E-state index < -0.39 is 0 Å². The summed E-state index contributed by atoms with van der Waals surface area (Å²) in [4.78, 5) is 13.8. The number of carbonyl (C=O) groups is 1. The molecule has 0 aliphatic carbocycles. The molecule has 1 unspecified atom stereocenters. The van der Waals surface area contributed by atoms with E-state index in [1.807, 2.05) is 31.7 Å². The number of carbonyl (C=O) groups excluding carboxylic acids is 1. The van der Waals surface area contributed by atoms with E-state index in [2.05, 4.69) is 33.8 Å². The Morgan fingerprint density at radius 3 is 2.32 bits per heavy atom. The second kappa shape index (κ2) is 10.6. The van der Waals surface area contributed by atoms with Crippen LogP contribution in [0.3, 0.4) is 0 Å². The summed E-state index contributed by atoms with van der Waals surface area (Å²) in [6.45, 7) is 16.8. The van der Waals surface area contributed by atoms with Gasteiger partial charge in [0.1, 0.15) is 0 Å². The van der Waals surface area contributed by atoms with Crippen molar-refractivity contribution in [3.8, 4) is 0 Å². The van der Waals surface area contributed by atoms with Crippen molar-refractivity contribution in [2.75, 3.05) is 19.7 Å². The van der Waals surface area contributed by atoms with Gasteiger partial charge < -0.3 is 9.64 Å². The minimum Gasteiger partial charge on any atom is -0.376 e. The largest absolute Gasteiger partial charge is 0.376 e. The molecule has 3 nitrogen and oxygen atoms in total. The Kier molecular flexibility index (Phi) is 10.1. The number of nitrogens with zero attached hydrogens (tertiary/aromatic N) is 1. The van der Waals surface area contributed by atoms with E-state index in [0.29, 0.717) is 5.92 Å². The van der Waals surface area contributed by atoms with E-state index >= 15 is 0 Å². The molecule has 22 heavy (non-hydrogen) atoms. The van der Waals surface area contributed by atoms with Gasteiger partial charge in [-0.3, -0.25) is 4.79 Å². The maximum atomic E-state index is 11.9. The van der Waals surface area contributed by atoms with Crippen molar-refractivity contribution in [2.45, 2.75) is 66.9 Å². The maximum Gasteiger partial charge on any atom is 0.246 e. The third kappa shape index (κ3) is 10.6. The highest BCUT2D eigenvalue weighted by molar-refractivity contribution is 5.88. The van der Waals surface area contributed by atoms with Crippen LogP contribution in [-0.2, 0) is 9.53 Å². The first-order valence-corrected chi connectivity index (χ1v) is 8.47. The summed E-state index contributed by atoms with van der Waals surface area (Å²) in [5.74, 6) is 0.684. The van der Waals surface area contributed by atoms with Crippen LogP contribution in [0.5, 0.6) is 0 Å². The minimum absolute atomic E-state index is 0.0559. The zero-order chi connectivity index (χ0) is 17.2. The van der Waals surface area contributed by atoms with E-state index in [-0.39, 0.29) is 11.5 Å². The van der Waals surface area contributed by atoms with Crippen LogP contribution in [0.15, 0.2) is 23.8 Å². The van der Waals surface area contributed by atoms with Gasteiger partial charge in [0.05, 0.1) is 5.60 Å². The molecule has 3 heteroatoms. The molecule has 1 atom stereocenters. The highest BCUT2D eigenvalue weighted by atomic mass is 16.5. The lowest BCUT2D eigenvalue weighted by atomic mass is 10.0. The zero-order valence-electron chi connectivity index (χ0n) is 15.6. The molecule has 0 saturated carbocycles. The normalized spacial score (nSPS) is 14.4. The molecule has 0 saturated heterocycles. The first-order valence-electron chi connectivity index (χ1n) is 8.47. The second-order valence-corrected chi connectivity index (χ2v) is 6.89. The quantitative estimate of drug-likeness (QED) is 0.460. The van der Waals surface area contributed by atoms with Crippen molar-refractivity contribution in [1.82, 2.24) is 4.90 Å². The lowest BCUT2D eigenvalue weighted by Gasteiger charge is -2.20. The van der Waals surface area contributed by atoms with Gasteiger partial charge in [-0.25, -0.2) is 0 Å². The Balaban J connectivity index is 4.17. The number of hydrogen-bond donors (Lipinski definition) is 0. The number of allylic oxidation sites excluding steroid dienone is 3. The molecule has 0 bridgehead atoms. The lowest BCUT2D eigenvalue weighted by Crippen LogP contribution is -2.28. The Bertz CT molecular complexity index is 373. The molecule has 0 heterocycles. The predicted molar refractivity (Wildman–Crippen MR) is 94.9 cm³/mol. The fourth-order valence-electron chi connectivity index (χ4n) is 2.04. The van der Waals surface area contributed by atoms with Crippen molar-refractivity contribution in [3.05, 3.63) is 23.8 Å². The highest BCUT2D eigenvalue weighted by Gasteiger charge is 2.10. The van der Waals surface area contributed by atoms with Gasteiger partial charge in [-0.1, -0.05) is 19.1 Å². The molecular formula is C19H35NO2. The molecule has 1 amide bonds. The van der Waals surface area contributed by atoms with Crippen molar-refractivity contribution >= 4 is 5.91 Å². The van der Waals surface area contributed by atoms with Crippen LogP contribution in [0.2, 0.25) is 0 Å². The molecule has 0 aromatic carbocycles. The van der Waals surface area contributed by atoms with Gasteiger partial charge in [0.2, 0.25) is 5.91 Å². The van der Waals surface area contributed by atoms with E-state index in [9.17, 15) is 4.79 Å². The second-order valence-electron chi connectivity index (χ2n) is 6.89. The summed E-state index contributed by atoms with van der Waals surface area (Å²) >= 11 is 0. The minimum atomic E-state index is -0.0559. The Labute approximate surface area is 137 Å².